The normalized spacial score (nSPS) is 13.2. The van der Waals surface area contributed by atoms with Crippen LogP contribution in [0.15, 0.2) is 47.4 Å². The van der Waals surface area contributed by atoms with Gasteiger partial charge in [0.25, 0.3) is 5.56 Å². The van der Waals surface area contributed by atoms with E-state index in [1.807, 2.05) is 43.3 Å². The number of rotatable bonds is 1. The highest BCUT2D eigenvalue weighted by molar-refractivity contribution is 5.84. The van der Waals surface area contributed by atoms with Gasteiger partial charge in [-0.05, 0) is 31.2 Å². The van der Waals surface area contributed by atoms with Crippen molar-refractivity contribution in [3.05, 3.63) is 64.1 Å². The van der Waals surface area contributed by atoms with Crippen molar-refractivity contribution in [1.82, 2.24) is 9.55 Å². The predicted molar refractivity (Wildman–Crippen MR) is 81.3 cm³/mol. The zero-order valence-corrected chi connectivity index (χ0v) is 11.7. The fraction of sp³-hybridized carbons (Fsp3) is 0.176. The maximum absolute atomic E-state index is 12.8. The molecule has 21 heavy (non-hydrogen) atoms. The molecule has 1 aliphatic rings. The summed E-state index contributed by atoms with van der Waals surface area (Å²) < 4.78 is 7.36. The number of nitrogens with zero attached hydrogens (tertiary/aromatic N) is 2. The van der Waals surface area contributed by atoms with Crippen molar-refractivity contribution in [2.24, 2.45) is 0 Å². The molecule has 0 radical (unpaired) electrons. The molecule has 0 amide bonds. The summed E-state index contributed by atoms with van der Waals surface area (Å²) in [5, 5.41) is 0. The predicted octanol–water partition coefficient (Wildman–Crippen LogP) is 2.63. The van der Waals surface area contributed by atoms with E-state index >= 15 is 0 Å². The molecule has 3 aromatic rings. The van der Waals surface area contributed by atoms with Crippen LogP contribution in [0.5, 0.6) is 5.75 Å². The first kappa shape index (κ1) is 12.1. The van der Waals surface area contributed by atoms with Crippen LogP contribution < -0.4 is 10.3 Å². The van der Waals surface area contributed by atoms with Crippen molar-refractivity contribution < 1.29 is 4.74 Å². The lowest BCUT2D eigenvalue weighted by atomic mass is 10.1. The van der Waals surface area contributed by atoms with Gasteiger partial charge in [-0.2, -0.15) is 0 Å². The molecule has 0 spiro atoms. The Hall–Kier alpha value is -2.62. The molecule has 0 aliphatic carbocycles. The van der Waals surface area contributed by atoms with Crippen molar-refractivity contribution in [1.29, 1.82) is 0 Å². The third kappa shape index (κ3) is 1.76. The Morgan fingerprint density at radius 2 is 2.00 bits per heavy atom. The smallest absolute Gasteiger partial charge is 0.262 e. The maximum Gasteiger partial charge on any atom is 0.262 e. The highest BCUT2D eigenvalue weighted by atomic mass is 16.5. The number of ether oxygens (including phenoxy) is 1. The van der Waals surface area contributed by atoms with E-state index in [0.717, 1.165) is 22.3 Å². The molecule has 1 aliphatic heterocycles. The lowest BCUT2D eigenvalue weighted by molar-refractivity contribution is 0.359. The second-order valence-corrected chi connectivity index (χ2v) is 5.25. The molecular weight excluding hydrogens is 264 g/mol. The average Bonchev–Trinajstić information content (AvgIpc) is 2.99. The molecule has 4 heteroatoms. The molecule has 0 fully saturated rings. The van der Waals surface area contributed by atoms with Gasteiger partial charge in [-0.15, -0.1) is 0 Å². The van der Waals surface area contributed by atoms with Crippen LogP contribution in [0.1, 0.15) is 11.1 Å². The van der Waals surface area contributed by atoms with Gasteiger partial charge in [0.05, 0.1) is 17.7 Å². The van der Waals surface area contributed by atoms with E-state index in [1.54, 1.807) is 10.8 Å². The molecule has 4 nitrogen and oxygen atoms in total. The topological polar surface area (TPSA) is 44.1 Å². The van der Waals surface area contributed by atoms with Gasteiger partial charge in [-0.25, -0.2) is 0 Å². The molecule has 4 rings (SSSR count). The zero-order chi connectivity index (χ0) is 14.4. The van der Waals surface area contributed by atoms with Crippen LogP contribution in [-0.2, 0) is 6.42 Å². The molecule has 0 saturated carbocycles. The molecule has 0 unspecified atom stereocenters. The van der Waals surface area contributed by atoms with Crippen LogP contribution in [-0.4, -0.2) is 16.2 Å². The Morgan fingerprint density at radius 1 is 1.19 bits per heavy atom. The minimum atomic E-state index is -0.00754. The number of hydrogen-bond donors (Lipinski definition) is 0. The minimum absolute atomic E-state index is 0.00754. The van der Waals surface area contributed by atoms with Crippen LogP contribution in [0.25, 0.3) is 16.7 Å². The SMILES string of the molecule is Cc1ccc(-n2c(=O)c3c(c4ncccc42)OCC3)cc1. The molecular formula is C17H14N2O2. The number of aromatic nitrogens is 2. The summed E-state index contributed by atoms with van der Waals surface area (Å²) in [7, 11) is 0. The fourth-order valence-corrected chi connectivity index (χ4v) is 2.82. The Balaban J connectivity index is 2.14. The average molecular weight is 278 g/mol. The number of aryl methyl sites for hydroxylation is 1. The second-order valence-electron chi connectivity index (χ2n) is 5.25. The first-order chi connectivity index (χ1) is 10.3. The Kier molecular flexibility index (Phi) is 2.57. The van der Waals surface area contributed by atoms with E-state index in [0.29, 0.717) is 18.8 Å². The third-order valence-electron chi connectivity index (χ3n) is 3.87. The summed E-state index contributed by atoms with van der Waals surface area (Å²) in [6.45, 7) is 2.58. The van der Waals surface area contributed by atoms with Gasteiger partial charge in [0, 0.05) is 18.3 Å². The molecule has 3 heterocycles. The van der Waals surface area contributed by atoms with E-state index in [4.69, 9.17) is 4.74 Å². The highest BCUT2D eigenvalue weighted by Gasteiger charge is 2.23. The Labute approximate surface area is 121 Å². The first-order valence-corrected chi connectivity index (χ1v) is 6.98. The van der Waals surface area contributed by atoms with Crippen molar-refractivity contribution in [3.8, 4) is 11.4 Å². The maximum atomic E-state index is 12.8. The lowest BCUT2D eigenvalue weighted by Gasteiger charge is -2.13. The van der Waals surface area contributed by atoms with Gasteiger partial charge < -0.3 is 4.74 Å². The fourth-order valence-electron chi connectivity index (χ4n) is 2.82. The third-order valence-corrected chi connectivity index (χ3v) is 3.87. The molecule has 1 aromatic carbocycles. The molecule has 0 N–H and O–H groups in total. The number of benzene rings is 1. The zero-order valence-electron chi connectivity index (χ0n) is 11.7. The van der Waals surface area contributed by atoms with Gasteiger partial charge in [-0.3, -0.25) is 14.3 Å². The van der Waals surface area contributed by atoms with Crippen molar-refractivity contribution in [2.45, 2.75) is 13.3 Å². The quantitative estimate of drug-likeness (QED) is 0.687. The molecule has 104 valence electrons. The van der Waals surface area contributed by atoms with E-state index in [1.165, 1.54) is 5.56 Å². The van der Waals surface area contributed by atoms with Gasteiger partial charge in [0.15, 0.2) is 5.75 Å². The highest BCUT2D eigenvalue weighted by Crippen LogP contribution is 2.31. The summed E-state index contributed by atoms with van der Waals surface area (Å²) in [6.07, 6.45) is 2.38. The van der Waals surface area contributed by atoms with Crippen LogP contribution in [0.4, 0.5) is 0 Å². The van der Waals surface area contributed by atoms with Gasteiger partial charge in [0.1, 0.15) is 5.52 Å². The van der Waals surface area contributed by atoms with E-state index in [9.17, 15) is 4.79 Å². The number of pyridine rings is 2. The van der Waals surface area contributed by atoms with Crippen LogP contribution in [0, 0.1) is 6.92 Å². The van der Waals surface area contributed by atoms with E-state index < -0.39 is 0 Å². The van der Waals surface area contributed by atoms with Crippen molar-refractivity contribution in [3.63, 3.8) is 0 Å². The van der Waals surface area contributed by atoms with Crippen LogP contribution in [0.2, 0.25) is 0 Å². The first-order valence-electron chi connectivity index (χ1n) is 6.98. The summed E-state index contributed by atoms with van der Waals surface area (Å²) in [4.78, 5) is 17.2. The molecule has 0 bridgehead atoms. The van der Waals surface area contributed by atoms with Crippen LogP contribution in [0.3, 0.4) is 0 Å². The van der Waals surface area contributed by atoms with Gasteiger partial charge in [-0.1, -0.05) is 17.7 Å². The second kappa shape index (κ2) is 4.45. The lowest BCUT2D eigenvalue weighted by Crippen LogP contribution is -2.22. The minimum Gasteiger partial charge on any atom is -0.490 e. The van der Waals surface area contributed by atoms with Crippen LogP contribution >= 0.6 is 0 Å². The van der Waals surface area contributed by atoms with Crippen molar-refractivity contribution >= 4 is 11.0 Å². The Morgan fingerprint density at radius 3 is 2.81 bits per heavy atom. The molecule has 0 atom stereocenters. The molecule has 0 saturated heterocycles. The number of hydrogen-bond acceptors (Lipinski definition) is 3. The standard InChI is InChI=1S/C17H14N2O2/c1-11-4-6-12(7-5-11)19-14-3-2-9-18-15(14)16-13(17(19)20)8-10-21-16/h2-7,9H,8,10H2,1H3. The van der Waals surface area contributed by atoms with E-state index in [-0.39, 0.29) is 5.56 Å². The summed E-state index contributed by atoms with van der Waals surface area (Å²) in [5.41, 5.74) is 4.28. The summed E-state index contributed by atoms with van der Waals surface area (Å²) in [6, 6.07) is 11.7. The largest absolute Gasteiger partial charge is 0.490 e. The van der Waals surface area contributed by atoms with Crippen molar-refractivity contribution in [2.75, 3.05) is 6.61 Å². The molecule has 2 aromatic heterocycles. The Bertz CT molecular complexity index is 895. The number of fused-ring (bicyclic) bond motifs is 3. The monoisotopic (exact) mass is 278 g/mol. The van der Waals surface area contributed by atoms with Gasteiger partial charge in [0.2, 0.25) is 0 Å². The summed E-state index contributed by atoms with van der Waals surface area (Å²) >= 11 is 0. The van der Waals surface area contributed by atoms with Gasteiger partial charge >= 0.3 is 0 Å². The summed E-state index contributed by atoms with van der Waals surface area (Å²) in [5.74, 6) is 0.652. The van der Waals surface area contributed by atoms with E-state index in [2.05, 4.69) is 4.98 Å².